The molecule has 4 nitrogen and oxygen atoms in total. The highest BCUT2D eigenvalue weighted by atomic mass is 16.4. The zero-order chi connectivity index (χ0) is 12.2. The molecule has 1 N–H and O–H groups in total. The molecule has 0 bridgehead atoms. The molecule has 92 valence electrons. The molecule has 16 heavy (non-hydrogen) atoms. The van der Waals surface area contributed by atoms with Crippen LogP contribution in [0.15, 0.2) is 0 Å². The molecule has 0 aliphatic carbocycles. The first-order chi connectivity index (χ1) is 7.59. The Labute approximate surface area is 96.6 Å². The third-order valence-corrected chi connectivity index (χ3v) is 4.11. The van der Waals surface area contributed by atoms with Crippen molar-refractivity contribution in [2.45, 2.75) is 52.0 Å². The predicted octanol–water partition coefficient (Wildman–Crippen LogP) is 1.89. The van der Waals surface area contributed by atoms with Crippen LogP contribution < -0.4 is 0 Å². The van der Waals surface area contributed by atoms with E-state index in [0.717, 1.165) is 32.1 Å². The van der Waals surface area contributed by atoms with Crippen molar-refractivity contribution in [3.8, 4) is 0 Å². The summed E-state index contributed by atoms with van der Waals surface area (Å²) in [5.41, 5.74) is -0.00243. The molecule has 1 saturated heterocycles. The topological polar surface area (TPSA) is 57.6 Å². The van der Waals surface area contributed by atoms with Gasteiger partial charge in [0.05, 0.1) is 6.42 Å². The van der Waals surface area contributed by atoms with Crippen LogP contribution in [0.5, 0.6) is 0 Å². The van der Waals surface area contributed by atoms with E-state index < -0.39 is 5.97 Å². The summed E-state index contributed by atoms with van der Waals surface area (Å²) in [5, 5.41) is 8.96. The molecule has 0 saturated carbocycles. The second-order valence-electron chi connectivity index (χ2n) is 4.63. The molecule has 0 unspecified atom stereocenters. The highest BCUT2D eigenvalue weighted by Crippen LogP contribution is 2.42. The van der Waals surface area contributed by atoms with Crippen LogP contribution in [-0.2, 0) is 9.59 Å². The number of likely N-dealkylation sites (tertiary alicyclic amines) is 1. The maximum absolute atomic E-state index is 11.0. The van der Waals surface area contributed by atoms with Gasteiger partial charge in [-0.15, -0.1) is 0 Å². The SMILES string of the molecule is CCC1(CC)CCCN(C=O)[C@@H]1CC(=O)O. The zero-order valence-corrected chi connectivity index (χ0v) is 10.1. The molecule has 0 aromatic heterocycles. The summed E-state index contributed by atoms with van der Waals surface area (Å²) in [6.07, 6.45) is 4.77. The Balaban J connectivity index is 2.94. The number of aliphatic carboxylic acids is 1. The number of carbonyl (C=O) groups excluding carboxylic acids is 1. The largest absolute Gasteiger partial charge is 0.481 e. The molecule has 0 radical (unpaired) electrons. The van der Waals surface area contributed by atoms with Crippen molar-refractivity contribution in [3.63, 3.8) is 0 Å². The van der Waals surface area contributed by atoms with Crippen LogP contribution in [0.3, 0.4) is 0 Å². The van der Waals surface area contributed by atoms with Crippen LogP contribution >= 0.6 is 0 Å². The first-order valence-corrected chi connectivity index (χ1v) is 6.02. The Morgan fingerprint density at radius 1 is 1.50 bits per heavy atom. The van der Waals surface area contributed by atoms with Crippen molar-refractivity contribution in [1.29, 1.82) is 0 Å². The Bertz CT molecular complexity index is 261. The number of carbonyl (C=O) groups is 2. The van der Waals surface area contributed by atoms with Crippen LogP contribution in [-0.4, -0.2) is 35.0 Å². The molecule has 4 heteroatoms. The van der Waals surface area contributed by atoms with E-state index >= 15 is 0 Å². The molecule has 1 atom stereocenters. The van der Waals surface area contributed by atoms with Gasteiger partial charge in [0.2, 0.25) is 6.41 Å². The molecule has 0 aromatic carbocycles. The van der Waals surface area contributed by atoms with E-state index in [2.05, 4.69) is 13.8 Å². The quantitative estimate of drug-likeness (QED) is 0.730. The van der Waals surface area contributed by atoms with Gasteiger partial charge in [-0.3, -0.25) is 9.59 Å². The number of nitrogens with zero attached hydrogens (tertiary/aromatic N) is 1. The Hall–Kier alpha value is -1.06. The molecular formula is C12H21NO3. The van der Waals surface area contributed by atoms with Gasteiger partial charge >= 0.3 is 5.97 Å². The minimum Gasteiger partial charge on any atom is -0.481 e. The van der Waals surface area contributed by atoms with Gasteiger partial charge < -0.3 is 10.0 Å². The van der Waals surface area contributed by atoms with Gasteiger partial charge in [0.15, 0.2) is 0 Å². The molecule has 1 heterocycles. The number of amides is 1. The third kappa shape index (κ3) is 2.36. The summed E-state index contributed by atoms with van der Waals surface area (Å²) in [6.45, 7) is 4.88. The Morgan fingerprint density at radius 3 is 2.56 bits per heavy atom. The van der Waals surface area contributed by atoms with E-state index in [1.807, 2.05) is 0 Å². The van der Waals surface area contributed by atoms with Crippen LogP contribution in [0.4, 0.5) is 0 Å². The molecular weight excluding hydrogens is 206 g/mol. The monoisotopic (exact) mass is 227 g/mol. The van der Waals surface area contributed by atoms with Crippen molar-refractivity contribution in [2.24, 2.45) is 5.41 Å². The van der Waals surface area contributed by atoms with Gasteiger partial charge in [0.1, 0.15) is 0 Å². The second kappa shape index (κ2) is 5.32. The van der Waals surface area contributed by atoms with E-state index in [9.17, 15) is 9.59 Å². The first-order valence-electron chi connectivity index (χ1n) is 6.02. The smallest absolute Gasteiger partial charge is 0.305 e. The lowest BCUT2D eigenvalue weighted by Gasteiger charge is -2.48. The van der Waals surface area contributed by atoms with Crippen molar-refractivity contribution in [2.75, 3.05) is 6.54 Å². The van der Waals surface area contributed by atoms with E-state index in [4.69, 9.17) is 5.11 Å². The van der Waals surface area contributed by atoms with Crippen molar-refractivity contribution in [1.82, 2.24) is 4.90 Å². The fraction of sp³-hybridized carbons (Fsp3) is 0.833. The molecule has 1 rings (SSSR count). The first kappa shape index (κ1) is 13.0. The fourth-order valence-corrected chi connectivity index (χ4v) is 2.99. The number of carboxylic acids is 1. The minimum atomic E-state index is -0.815. The molecule has 1 amide bonds. The van der Waals surface area contributed by atoms with Gasteiger partial charge in [0.25, 0.3) is 0 Å². The lowest BCUT2D eigenvalue weighted by Crippen LogP contribution is -2.52. The van der Waals surface area contributed by atoms with E-state index in [0.29, 0.717) is 6.54 Å². The van der Waals surface area contributed by atoms with Gasteiger partial charge in [0, 0.05) is 12.6 Å². The summed E-state index contributed by atoms with van der Waals surface area (Å²) < 4.78 is 0. The molecule has 1 fully saturated rings. The highest BCUT2D eigenvalue weighted by molar-refractivity contribution is 5.68. The minimum absolute atomic E-state index is 0.00243. The summed E-state index contributed by atoms with van der Waals surface area (Å²) in [5.74, 6) is -0.815. The standard InChI is InChI=1S/C12H21NO3/c1-3-12(4-2)6-5-7-13(9-14)10(12)8-11(15)16/h9-10H,3-8H2,1-2H3,(H,15,16)/t10-/m1/s1. The summed E-state index contributed by atoms with van der Waals surface area (Å²) in [7, 11) is 0. The number of rotatable bonds is 5. The number of hydrogen-bond donors (Lipinski definition) is 1. The van der Waals surface area contributed by atoms with E-state index in [-0.39, 0.29) is 17.9 Å². The molecule has 1 aliphatic heterocycles. The lowest BCUT2D eigenvalue weighted by atomic mass is 9.68. The summed E-state index contributed by atoms with van der Waals surface area (Å²) in [4.78, 5) is 23.6. The van der Waals surface area contributed by atoms with Gasteiger partial charge in [-0.1, -0.05) is 13.8 Å². The van der Waals surface area contributed by atoms with Crippen LogP contribution in [0.25, 0.3) is 0 Å². The fourth-order valence-electron chi connectivity index (χ4n) is 2.99. The highest BCUT2D eigenvalue weighted by Gasteiger charge is 2.42. The molecule has 0 aromatic rings. The average Bonchev–Trinajstić information content (AvgIpc) is 2.29. The Kier molecular flexibility index (Phi) is 4.33. The third-order valence-electron chi connectivity index (χ3n) is 4.11. The second-order valence-corrected chi connectivity index (χ2v) is 4.63. The number of carboxylic acid groups (broad SMARTS) is 1. The van der Waals surface area contributed by atoms with Crippen molar-refractivity contribution >= 4 is 12.4 Å². The predicted molar refractivity (Wildman–Crippen MR) is 61.1 cm³/mol. The Morgan fingerprint density at radius 2 is 2.12 bits per heavy atom. The number of piperidine rings is 1. The molecule has 1 aliphatic rings. The van der Waals surface area contributed by atoms with Gasteiger partial charge in [-0.05, 0) is 31.1 Å². The van der Waals surface area contributed by atoms with E-state index in [1.54, 1.807) is 4.90 Å². The van der Waals surface area contributed by atoms with Gasteiger partial charge in [-0.25, -0.2) is 0 Å². The summed E-state index contributed by atoms with van der Waals surface area (Å²) >= 11 is 0. The summed E-state index contributed by atoms with van der Waals surface area (Å²) in [6, 6.07) is -0.133. The van der Waals surface area contributed by atoms with Crippen molar-refractivity contribution in [3.05, 3.63) is 0 Å². The van der Waals surface area contributed by atoms with Crippen LogP contribution in [0, 0.1) is 5.41 Å². The maximum atomic E-state index is 11.0. The van der Waals surface area contributed by atoms with Crippen molar-refractivity contribution < 1.29 is 14.7 Å². The number of hydrogen-bond acceptors (Lipinski definition) is 2. The molecule has 0 spiro atoms. The van der Waals surface area contributed by atoms with Crippen LogP contribution in [0.1, 0.15) is 46.0 Å². The normalized spacial score (nSPS) is 24.1. The van der Waals surface area contributed by atoms with Crippen LogP contribution in [0.2, 0.25) is 0 Å². The zero-order valence-electron chi connectivity index (χ0n) is 10.1. The average molecular weight is 227 g/mol. The maximum Gasteiger partial charge on any atom is 0.305 e. The van der Waals surface area contributed by atoms with Gasteiger partial charge in [-0.2, -0.15) is 0 Å². The van der Waals surface area contributed by atoms with E-state index in [1.165, 1.54) is 0 Å². The lowest BCUT2D eigenvalue weighted by molar-refractivity contribution is -0.143.